The van der Waals surface area contributed by atoms with Crippen LogP contribution in [-0.4, -0.2) is 17.7 Å². The van der Waals surface area contributed by atoms with Gasteiger partial charge in [-0.1, -0.05) is 19.9 Å². The maximum atomic E-state index is 10.3. The minimum Gasteiger partial charge on any atom is -0.482 e. The summed E-state index contributed by atoms with van der Waals surface area (Å²) in [6.45, 7) is 5.96. The van der Waals surface area contributed by atoms with E-state index < -0.39 is 5.97 Å². The fourth-order valence-electron chi connectivity index (χ4n) is 1.53. The van der Waals surface area contributed by atoms with Crippen molar-refractivity contribution in [1.82, 2.24) is 0 Å². The molecule has 0 spiro atoms. The molecule has 3 nitrogen and oxygen atoms in total. The molecule has 0 aliphatic rings. The molecule has 3 heteroatoms. The van der Waals surface area contributed by atoms with Gasteiger partial charge in [0.05, 0.1) is 0 Å². The number of ether oxygens (including phenoxy) is 1. The summed E-state index contributed by atoms with van der Waals surface area (Å²) in [5.41, 5.74) is 2.39. The summed E-state index contributed by atoms with van der Waals surface area (Å²) in [7, 11) is 0. The van der Waals surface area contributed by atoms with E-state index in [1.54, 1.807) is 0 Å². The maximum absolute atomic E-state index is 10.3. The van der Waals surface area contributed by atoms with Gasteiger partial charge in [0.2, 0.25) is 0 Å². The van der Waals surface area contributed by atoms with Crippen molar-refractivity contribution >= 4 is 5.97 Å². The van der Waals surface area contributed by atoms with Crippen LogP contribution in [0.4, 0.5) is 0 Å². The zero-order valence-electron chi connectivity index (χ0n) is 9.28. The van der Waals surface area contributed by atoms with Crippen LogP contribution in [0.5, 0.6) is 5.75 Å². The van der Waals surface area contributed by atoms with Gasteiger partial charge in [-0.2, -0.15) is 0 Å². The number of hydrogen-bond acceptors (Lipinski definition) is 2. The topological polar surface area (TPSA) is 46.5 Å². The van der Waals surface area contributed by atoms with Crippen molar-refractivity contribution < 1.29 is 14.6 Å². The molecular formula is C12H16O3. The number of carboxylic acid groups (broad SMARTS) is 1. The number of benzene rings is 1. The second kappa shape index (κ2) is 4.82. The van der Waals surface area contributed by atoms with Crippen LogP contribution in [0.3, 0.4) is 0 Å². The molecule has 1 aromatic rings. The number of aliphatic carboxylic acids is 1. The minimum atomic E-state index is -0.958. The van der Waals surface area contributed by atoms with Gasteiger partial charge in [0, 0.05) is 0 Å². The van der Waals surface area contributed by atoms with E-state index in [9.17, 15) is 4.79 Å². The van der Waals surface area contributed by atoms with E-state index >= 15 is 0 Å². The van der Waals surface area contributed by atoms with E-state index in [1.807, 2.05) is 25.1 Å². The molecule has 15 heavy (non-hydrogen) atoms. The molecule has 0 bridgehead atoms. The lowest BCUT2D eigenvalue weighted by Crippen LogP contribution is -2.09. The van der Waals surface area contributed by atoms with Crippen LogP contribution >= 0.6 is 0 Å². The highest BCUT2D eigenvalue weighted by atomic mass is 16.5. The molecule has 0 saturated heterocycles. The highest BCUT2D eigenvalue weighted by molar-refractivity contribution is 5.68. The van der Waals surface area contributed by atoms with E-state index in [0.717, 1.165) is 5.56 Å². The molecule has 0 amide bonds. The van der Waals surface area contributed by atoms with Crippen molar-refractivity contribution in [3.05, 3.63) is 29.3 Å². The highest BCUT2D eigenvalue weighted by Gasteiger charge is 2.05. The first kappa shape index (κ1) is 11.6. The summed E-state index contributed by atoms with van der Waals surface area (Å²) >= 11 is 0. The van der Waals surface area contributed by atoms with Gasteiger partial charge in [0.15, 0.2) is 6.61 Å². The molecule has 0 fully saturated rings. The Morgan fingerprint density at radius 2 is 2.13 bits per heavy atom. The van der Waals surface area contributed by atoms with Crippen LogP contribution in [0.1, 0.15) is 30.9 Å². The maximum Gasteiger partial charge on any atom is 0.341 e. The Hall–Kier alpha value is -1.51. The molecular weight excluding hydrogens is 192 g/mol. The van der Waals surface area contributed by atoms with Gasteiger partial charge >= 0.3 is 5.97 Å². The third-order valence-corrected chi connectivity index (χ3v) is 2.23. The molecule has 0 unspecified atom stereocenters. The fourth-order valence-corrected chi connectivity index (χ4v) is 1.53. The van der Waals surface area contributed by atoms with Crippen LogP contribution < -0.4 is 4.74 Å². The van der Waals surface area contributed by atoms with Gasteiger partial charge in [0.1, 0.15) is 5.75 Å². The van der Waals surface area contributed by atoms with Crippen LogP contribution in [-0.2, 0) is 4.79 Å². The lowest BCUT2D eigenvalue weighted by molar-refractivity contribution is -0.139. The zero-order valence-corrected chi connectivity index (χ0v) is 9.28. The molecule has 82 valence electrons. The van der Waals surface area contributed by atoms with E-state index in [2.05, 4.69) is 13.8 Å². The summed E-state index contributed by atoms with van der Waals surface area (Å²) in [4.78, 5) is 10.3. The molecule has 0 heterocycles. The van der Waals surface area contributed by atoms with Crippen LogP contribution in [0.2, 0.25) is 0 Å². The Morgan fingerprint density at radius 3 is 2.60 bits per heavy atom. The largest absolute Gasteiger partial charge is 0.482 e. The monoisotopic (exact) mass is 208 g/mol. The van der Waals surface area contributed by atoms with Crippen LogP contribution in [0.15, 0.2) is 18.2 Å². The first-order valence-electron chi connectivity index (χ1n) is 4.96. The smallest absolute Gasteiger partial charge is 0.341 e. The van der Waals surface area contributed by atoms with Gasteiger partial charge in [-0.3, -0.25) is 0 Å². The molecule has 1 N–H and O–H groups in total. The summed E-state index contributed by atoms with van der Waals surface area (Å²) in [6, 6.07) is 5.67. The third kappa shape index (κ3) is 3.27. The van der Waals surface area contributed by atoms with E-state index in [4.69, 9.17) is 9.84 Å². The fraction of sp³-hybridized carbons (Fsp3) is 0.417. The molecule has 0 aliphatic heterocycles. The second-order valence-corrected chi connectivity index (χ2v) is 3.86. The number of carboxylic acids is 1. The Balaban J connectivity index is 2.77. The average Bonchev–Trinajstić information content (AvgIpc) is 2.14. The summed E-state index contributed by atoms with van der Waals surface area (Å²) in [5.74, 6) is 0.124. The first-order valence-corrected chi connectivity index (χ1v) is 4.96. The lowest BCUT2D eigenvalue weighted by Gasteiger charge is -2.11. The average molecular weight is 208 g/mol. The van der Waals surface area contributed by atoms with Crippen molar-refractivity contribution in [2.24, 2.45) is 0 Å². The standard InChI is InChI=1S/C12H16O3/c1-8(2)11-5-4-10(6-9(11)3)15-7-12(13)14/h4-6,8H,7H2,1-3H3,(H,13,14). The first-order chi connectivity index (χ1) is 7.00. The number of hydrogen-bond donors (Lipinski definition) is 1. The lowest BCUT2D eigenvalue weighted by atomic mass is 9.98. The Labute approximate surface area is 89.7 Å². The number of rotatable bonds is 4. The third-order valence-electron chi connectivity index (χ3n) is 2.23. The normalized spacial score (nSPS) is 10.4. The van der Waals surface area contributed by atoms with E-state index in [0.29, 0.717) is 11.7 Å². The molecule has 1 aromatic carbocycles. The Morgan fingerprint density at radius 1 is 1.47 bits per heavy atom. The molecule has 0 radical (unpaired) electrons. The van der Waals surface area contributed by atoms with Crippen molar-refractivity contribution in [3.8, 4) is 5.75 Å². The predicted molar refractivity (Wildman–Crippen MR) is 58.4 cm³/mol. The van der Waals surface area contributed by atoms with Crippen LogP contribution in [0.25, 0.3) is 0 Å². The molecule has 0 aliphatic carbocycles. The summed E-state index contributed by atoms with van der Waals surface area (Å²) in [5, 5.41) is 8.46. The Bertz CT molecular complexity index is 356. The minimum absolute atomic E-state index is 0.291. The van der Waals surface area contributed by atoms with Gasteiger partial charge < -0.3 is 9.84 Å². The highest BCUT2D eigenvalue weighted by Crippen LogP contribution is 2.23. The van der Waals surface area contributed by atoms with Crippen molar-refractivity contribution in [2.45, 2.75) is 26.7 Å². The van der Waals surface area contributed by atoms with Crippen molar-refractivity contribution in [3.63, 3.8) is 0 Å². The van der Waals surface area contributed by atoms with Gasteiger partial charge in [0.25, 0.3) is 0 Å². The SMILES string of the molecule is Cc1cc(OCC(=O)O)ccc1C(C)C. The molecule has 0 atom stereocenters. The number of carbonyl (C=O) groups is 1. The number of aryl methyl sites for hydroxylation is 1. The second-order valence-electron chi connectivity index (χ2n) is 3.86. The van der Waals surface area contributed by atoms with Crippen LogP contribution in [0, 0.1) is 6.92 Å². The zero-order chi connectivity index (χ0) is 11.4. The quantitative estimate of drug-likeness (QED) is 0.827. The molecule has 0 saturated carbocycles. The Kier molecular flexibility index (Phi) is 3.72. The summed E-state index contributed by atoms with van der Waals surface area (Å²) < 4.78 is 5.08. The van der Waals surface area contributed by atoms with Crippen molar-refractivity contribution in [1.29, 1.82) is 0 Å². The predicted octanol–water partition coefficient (Wildman–Crippen LogP) is 2.58. The molecule has 1 rings (SSSR count). The summed E-state index contributed by atoms with van der Waals surface area (Å²) in [6.07, 6.45) is 0. The van der Waals surface area contributed by atoms with E-state index in [-0.39, 0.29) is 6.61 Å². The van der Waals surface area contributed by atoms with Gasteiger partial charge in [-0.05, 0) is 36.1 Å². The van der Waals surface area contributed by atoms with Crippen molar-refractivity contribution in [2.75, 3.05) is 6.61 Å². The molecule has 0 aromatic heterocycles. The van der Waals surface area contributed by atoms with E-state index in [1.165, 1.54) is 5.56 Å². The van der Waals surface area contributed by atoms with Gasteiger partial charge in [-0.15, -0.1) is 0 Å². The van der Waals surface area contributed by atoms with Gasteiger partial charge in [-0.25, -0.2) is 4.79 Å².